The molecule has 0 unspecified atom stereocenters. The zero-order chi connectivity index (χ0) is 15.1. The predicted molar refractivity (Wildman–Crippen MR) is 78.7 cm³/mol. The predicted octanol–water partition coefficient (Wildman–Crippen LogP) is 2.27. The fourth-order valence-corrected chi connectivity index (χ4v) is 2.22. The Labute approximate surface area is 121 Å². The molecule has 114 valence electrons. The highest BCUT2D eigenvalue weighted by molar-refractivity contribution is 5.86. The maximum atomic E-state index is 11.3. The van der Waals surface area contributed by atoms with Crippen molar-refractivity contribution < 1.29 is 13.9 Å². The Bertz CT molecular complexity index is 405. The molecule has 5 heteroatoms. The zero-order valence-corrected chi connectivity index (χ0v) is 13.1. The molecule has 0 aliphatic rings. The average Bonchev–Trinajstić information content (AvgIpc) is 2.85. The molecule has 1 aromatic heterocycles. The molecule has 5 nitrogen and oxygen atoms in total. The Morgan fingerprint density at radius 1 is 1.30 bits per heavy atom. The number of hydrogen-bond donors (Lipinski definition) is 1. The lowest BCUT2D eigenvalue weighted by Gasteiger charge is -2.30. The first-order valence-electron chi connectivity index (χ1n) is 7.09. The first-order chi connectivity index (χ1) is 9.45. The number of carbonyl (C=O) groups is 1. The first kappa shape index (κ1) is 16.7. The molecule has 0 radical (unpaired) electrons. The molecule has 20 heavy (non-hydrogen) atoms. The van der Waals surface area contributed by atoms with Crippen molar-refractivity contribution >= 4 is 5.97 Å². The normalized spacial score (nSPS) is 11.6. The number of furan rings is 1. The fourth-order valence-electron chi connectivity index (χ4n) is 2.22. The minimum Gasteiger partial charge on any atom is -0.463 e. The van der Waals surface area contributed by atoms with Crippen molar-refractivity contribution in [3.63, 3.8) is 0 Å². The Morgan fingerprint density at radius 2 is 1.95 bits per heavy atom. The molecule has 1 N–H and O–H groups in total. The summed E-state index contributed by atoms with van der Waals surface area (Å²) in [6, 6.07) is 4.50. The van der Waals surface area contributed by atoms with Crippen molar-refractivity contribution in [3.8, 4) is 0 Å². The van der Waals surface area contributed by atoms with Gasteiger partial charge in [0, 0.05) is 25.2 Å². The van der Waals surface area contributed by atoms with E-state index in [4.69, 9.17) is 4.42 Å². The third kappa shape index (κ3) is 4.98. The average molecular weight is 282 g/mol. The number of nitrogens with zero attached hydrogens (tertiary/aromatic N) is 1. The summed E-state index contributed by atoms with van der Waals surface area (Å²) in [6.07, 6.45) is 0. The van der Waals surface area contributed by atoms with Gasteiger partial charge in [0.15, 0.2) is 0 Å². The summed E-state index contributed by atoms with van der Waals surface area (Å²) in [7, 11) is 1.34. The van der Waals surface area contributed by atoms with E-state index < -0.39 is 5.97 Å². The van der Waals surface area contributed by atoms with Gasteiger partial charge in [0.25, 0.3) is 0 Å². The maximum Gasteiger partial charge on any atom is 0.373 e. The minimum absolute atomic E-state index is 0.246. The molecule has 0 amide bonds. The topological polar surface area (TPSA) is 54.7 Å². The van der Waals surface area contributed by atoms with Crippen molar-refractivity contribution in [1.82, 2.24) is 10.2 Å². The number of nitrogens with one attached hydrogen (secondary N) is 1. The van der Waals surface area contributed by atoms with Crippen LogP contribution in [0.3, 0.4) is 0 Å². The second-order valence-corrected chi connectivity index (χ2v) is 5.36. The molecule has 0 aliphatic carbocycles. The molecule has 0 aromatic carbocycles. The standard InChI is InChI=1S/C15H26N2O3/c1-11(2)17(12(3)4)9-8-16-10-13-6-7-14(20-13)15(18)19-5/h6-7,11-12,16H,8-10H2,1-5H3. The third-order valence-corrected chi connectivity index (χ3v) is 3.22. The van der Waals surface area contributed by atoms with Gasteiger partial charge in [-0.1, -0.05) is 0 Å². The zero-order valence-electron chi connectivity index (χ0n) is 13.1. The summed E-state index contributed by atoms with van der Waals surface area (Å²) in [6.45, 7) is 11.3. The van der Waals surface area contributed by atoms with Crippen LogP contribution in [0.25, 0.3) is 0 Å². The Kier molecular flexibility index (Phi) is 6.75. The summed E-state index contributed by atoms with van der Waals surface area (Å²) >= 11 is 0. The second-order valence-electron chi connectivity index (χ2n) is 5.36. The molecule has 0 saturated carbocycles. The van der Waals surface area contributed by atoms with E-state index >= 15 is 0 Å². The van der Waals surface area contributed by atoms with Crippen LogP contribution in [-0.4, -0.2) is 43.2 Å². The van der Waals surface area contributed by atoms with Crippen LogP contribution in [0.2, 0.25) is 0 Å². The molecule has 0 bridgehead atoms. The van der Waals surface area contributed by atoms with E-state index in [0.717, 1.165) is 18.8 Å². The number of methoxy groups -OCH3 is 1. The van der Waals surface area contributed by atoms with Crippen molar-refractivity contribution in [3.05, 3.63) is 23.7 Å². The lowest BCUT2D eigenvalue weighted by Crippen LogP contribution is -2.41. The van der Waals surface area contributed by atoms with E-state index in [-0.39, 0.29) is 5.76 Å². The number of hydrogen-bond acceptors (Lipinski definition) is 5. The van der Waals surface area contributed by atoms with E-state index in [9.17, 15) is 4.79 Å². The Balaban J connectivity index is 2.34. The van der Waals surface area contributed by atoms with E-state index in [1.165, 1.54) is 7.11 Å². The summed E-state index contributed by atoms with van der Waals surface area (Å²) < 4.78 is 9.99. The molecule has 0 saturated heterocycles. The SMILES string of the molecule is COC(=O)c1ccc(CNCCN(C(C)C)C(C)C)o1. The third-order valence-electron chi connectivity index (χ3n) is 3.22. The van der Waals surface area contributed by atoms with Crippen molar-refractivity contribution in [2.45, 2.75) is 46.3 Å². The van der Waals surface area contributed by atoms with Gasteiger partial charge in [-0.2, -0.15) is 0 Å². The Hall–Kier alpha value is -1.33. The van der Waals surface area contributed by atoms with Crippen LogP contribution in [0.5, 0.6) is 0 Å². The molecule has 0 spiro atoms. The second kappa shape index (κ2) is 8.07. The molecule has 1 heterocycles. The number of carbonyl (C=O) groups excluding carboxylic acids is 1. The van der Waals surface area contributed by atoms with Crippen LogP contribution in [-0.2, 0) is 11.3 Å². The van der Waals surface area contributed by atoms with Crippen LogP contribution in [0.4, 0.5) is 0 Å². The van der Waals surface area contributed by atoms with Crippen molar-refractivity contribution in [1.29, 1.82) is 0 Å². The highest BCUT2D eigenvalue weighted by atomic mass is 16.5. The molecular formula is C15H26N2O3. The van der Waals surface area contributed by atoms with Crippen molar-refractivity contribution in [2.75, 3.05) is 20.2 Å². The molecule has 1 aromatic rings. The monoisotopic (exact) mass is 282 g/mol. The van der Waals surface area contributed by atoms with Gasteiger partial charge in [0.1, 0.15) is 5.76 Å². The van der Waals surface area contributed by atoms with Gasteiger partial charge in [-0.3, -0.25) is 4.90 Å². The van der Waals surface area contributed by atoms with Crippen LogP contribution < -0.4 is 5.32 Å². The van der Waals surface area contributed by atoms with Gasteiger partial charge < -0.3 is 14.5 Å². The lowest BCUT2D eigenvalue weighted by molar-refractivity contribution is 0.0563. The molecular weight excluding hydrogens is 256 g/mol. The summed E-state index contributed by atoms with van der Waals surface area (Å²) in [5.74, 6) is 0.545. The quantitative estimate of drug-likeness (QED) is 0.585. The van der Waals surface area contributed by atoms with Gasteiger partial charge in [0.2, 0.25) is 5.76 Å². The van der Waals surface area contributed by atoms with Gasteiger partial charge in [0.05, 0.1) is 13.7 Å². The van der Waals surface area contributed by atoms with Gasteiger partial charge in [-0.25, -0.2) is 4.79 Å². The van der Waals surface area contributed by atoms with Gasteiger partial charge >= 0.3 is 5.97 Å². The number of ether oxygens (including phenoxy) is 1. The molecule has 0 aliphatic heterocycles. The first-order valence-corrected chi connectivity index (χ1v) is 7.09. The molecule has 0 atom stereocenters. The lowest BCUT2D eigenvalue weighted by atomic mass is 10.2. The summed E-state index contributed by atoms with van der Waals surface area (Å²) in [4.78, 5) is 13.7. The van der Waals surface area contributed by atoms with E-state index in [0.29, 0.717) is 18.6 Å². The maximum absolute atomic E-state index is 11.3. The largest absolute Gasteiger partial charge is 0.463 e. The van der Waals surface area contributed by atoms with E-state index in [2.05, 4.69) is 42.6 Å². The fraction of sp³-hybridized carbons (Fsp3) is 0.667. The molecule has 1 rings (SSSR count). The van der Waals surface area contributed by atoms with Crippen LogP contribution in [0, 0.1) is 0 Å². The molecule has 0 fully saturated rings. The Morgan fingerprint density at radius 3 is 2.50 bits per heavy atom. The minimum atomic E-state index is -0.443. The smallest absolute Gasteiger partial charge is 0.373 e. The van der Waals surface area contributed by atoms with E-state index in [1.54, 1.807) is 12.1 Å². The van der Waals surface area contributed by atoms with Gasteiger partial charge in [-0.15, -0.1) is 0 Å². The summed E-state index contributed by atoms with van der Waals surface area (Å²) in [5.41, 5.74) is 0. The number of rotatable bonds is 8. The van der Waals surface area contributed by atoms with Crippen LogP contribution in [0.15, 0.2) is 16.5 Å². The summed E-state index contributed by atoms with van der Waals surface area (Å²) in [5, 5.41) is 3.32. The van der Waals surface area contributed by atoms with Gasteiger partial charge in [-0.05, 0) is 39.8 Å². The van der Waals surface area contributed by atoms with Crippen LogP contribution >= 0.6 is 0 Å². The van der Waals surface area contributed by atoms with E-state index in [1.807, 2.05) is 0 Å². The number of esters is 1. The highest BCUT2D eigenvalue weighted by Crippen LogP contribution is 2.09. The van der Waals surface area contributed by atoms with Crippen molar-refractivity contribution in [2.24, 2.45) is 0 Å². The van der Waals surface area contributed by atoms with Crippen LogP contribution in [0.1, 0.15) is 44.0 Å². The highest BCUT2D eigenvalue weighted by Gasteiger charge is 2.13.